The third kappa shape index (κ3) is 4.34. The molecule has 4 nitrogen and oxygen atoms in total. The van der Waals surface area contributed by atoms with Crippen molar-refractivity contribution in [2.45, 2.75) is 64.0 Å². The highest BCUT2D eigenvalue weighted by atomic mass is 16.5. The van der Waals surface area contributed by atoms with Gasteiger partial charge in [0.1, 0.15) is 5.75 Å². The van der Waals surface area contributed by atoms with Crippen LogP contribution in [0.15, 0.2) is 36.4 Å². The van der Waals surface area contributed by atoms with Crippen molar-refractivity contribution in [1.82, 2.24) is 4.90 Å². The summed E-state index contributed by atoms with van der Waals surface area (Å²) in [5, 5.41) is 11.5. The predicted octanol–water partition coefficient (Wildman–Crippen LogP) is 5.48. The van der Waals surface area contributed by atoms with E-state index in [1.807, 2.05) is 0 Å². The van der Waals surface area contributed by atoms with Crippen molar-refractivity contribution in [1.29, 1.82) is 0 Å². The quantitative estimate of drug-likeness (QED) is 0.688. The van der Waals surface area contributed by atoms with Crippen LogP contribution in [-0.2, 0) is 11.3 Å². The Kier molecular flexibility index (Phi) is 5.68. The summed E-state index contributed by atoms with van der Waals surface area (Å²) in [7, 11) is 0. The van der Waals surface area contributed by atoms with E-state index in [1.165, 1.54) is 67.7 Å². The number of fused-ring (bicyclic) bond motifs is 1. The molecule has 1 saturated heterocycles. The first-order chi connectivity index (χ1) is 14.6. The summed E-state index contributed by atoms with van der Waals surface area (Å²) < 4.78 is 6.37. The summed E-state index contributed by atoms with van der Waals surface area (Å²) in [4.78, 5) is 13.2. The van der Waals surface area contributed by atoms with Gasteiger partial charge in [0.05, 0.1) is 12.0 Å². The van der Waals surface area contributed by atoms with E-state index in [1.54, 1.807) is 0 Å². The molecular formula is C26H33NO3. The Hall–Kier alpha value is -2.07. The highest BCUT2D eigenvalue weighted by Gasteiger charge is 2.32. The molecule has 0 spiro atoms. The normalized spacial score (nSPS) is 26.0. The van der Waals surface area contributed by atoms with E-state index >= 15 is 0 Å². The third-order valence-corrected chi connectivity index (χ3v) is 7.68. The second-order valence-electron chi connectivity index (χ2n) is 9.77. The van der Waals surface area contributed by atoms with E-state index in [0.29, 0.717) is 19.2 Å². The van der Waals surface area contributed by atoms with Gasteiger partial charge >= 0.3 is 5.97 Å². The Balaban J connectivity index is 1.16. The Morgan fingerprint density at radius 3 is 2.30 bits per heavy atom. The highest BCUT2D eigenvalue weighted by Crippen LogP contribution is 2.40. The number of carbonyl (C=O) groups is 1. The molecule has 1 heterocycles. The van der Waals surface area contributed by atoms with Crippen LogP contribution in [0.5, 0.6) is 5.75 Å². The monoisotopic (exact) mass is 407 g/mol. The first-order valence-corrected chi connectivity index (χ1v) is 11.8. The molecule has 3 aliphatic rings. The van der Waals surface area contributed by atoms with Crippen LogP contribution in [0.4, 0.5) is 0 Å². The van der Waals surface area contributed by atoms with Crippen molar-refractivity contribution < 1.29 is 14.6 Å². The van der Waals surface area contributed by atoms with Crippen molar-refractivity contribution in [3.8, 4) is 5.75 Å². The maximum absolute atomic E-state index is 11.0. The van der Waals surface area contributed by atoms with Crippen LogP contribution in [0, 0.1) is 17.8 Å². The van der Waals surface area contributed by atoms with Crippen molar-refractivity contribution in [3.05, 3.63) is 42.0 Å². The highest BCUT2D eigenvalue weighted by molar-refractivity contribution is 5.84. The van der Waals surface area contributed by atoms with E-state index in [0.717, 1.165) is 24.1 Å². The lowest BCUT2D eigenvalue weighted by molar-refractivity contribution is -0.147. The van der Waals surface area contributed by atoms with Crippen LogP contribution in [-0.4, -0.2) is 35.2 Å². The van der Waals surface area contributed by atoms with Gasteiger partial charge in [0.25, 0.3) is 0 Å². The molecule has 0 atom stereocenters. The number of hydrogen-bond donors (Lipinski definition) is 1. The zero-order valence-electron chi connectivity index (χ0n) is 17.8. The molecule has 0 bridgehead atoms. The lowest BCUT2D eigenvalue weighted by Gasteiger charge is -2.36. The van der Waals surface area contributed by atoms with E-state index in [-0.39, 0.29) is 5.92 Å². The van der Waals surface area contributed by atoms with Crippen LogP contribution in [0.2, 0.25) is 0 Å². The largest absolute Gasteiger partial charge is 0.490 e. The number of rotatable bonds is 6. The second-order valence-corrected chi connectivity index (χ2v) is 9.77. The fourth-order valence-electron chi connectivity index (χ4n) is 5.86. The van der Waals surface area contributed by atoms with Crippen LogP contribution in [0.3, 0.4) is 0 Å². The molecule has 4 heteroatoms. The second kappa shape index (κ2) is 8.58. The third-order valence-electron chi connectivity index (χ3n) is 7.68. The number of likely N-dealkylation sites (tertiary alicyclic amines) is 1. The molecule has 5 rings (SSSR count). The van der Waals surface area contributed by atoms with E-state index in [9.17, 15) is 4.79 Å². The molecule has 0 aromatic heterocycles. The Morgan fingerprint density at radius 1 is 0.900 bits per heavy atom. The van der Waals surface area contributed by atoms with Crippen molar-refractivity contribution in [2.24, 2.45) is 17.8 Å². The first kappa shape index (κ1) is 19.9. The van der Waals surface area contributed by atoms with Crippen molar-refractivity contribution >= 4 is 16.7 Å². The molecule has 160 valence electrons. The van der Waals surface area contributed by atoms with Gasteiger partial charge in [-0.25, -0.2) is 0 Å². The van der Waals surface area contributed by atoms with Crippen molar-refractivity contribution in [2.75, 3.05) is 13.1 Å². The summed E-state index contributed by atoms with van der Waals surface area (Å²) in [5.74, 6) is 2.06. The van der Waals surface area contributed by atoms with Gasteiger partial charge in [-0.15, -0.1) is 0 Å². The van der Waals surface area contributed by atoms with Gasteiger partial charge in [-0.3, -0.25) is 9.69 Å². The van der Waals surface area contributed by atoms with E-state index in [2.05, 4.69) is 41.3 Å². The molecule has 1 N–H and O–H groups in total. The van der Waals surface area contributed by atoms with Crippen LogP contribution >= 0.6 is 0 Å². The Bertz CT molecular complexity index is 890. The molecule has 2 aromatic rings. The first-order valence-electron chi connectivity index (χ1n) is 11.8. The maximum atomic E-state index is 11.0. The maximum Gasteiger partial charge on any atom is 0.309 e. The summed E-state index contributed by atoms with van der Waals surface area (Å²) in [6.45, 7) is 2.13. The van der Waals surface area contributed by atoms with E-state index in [4.69, 9.17) is 9.84 Å². The van der Waals surface area contributed by atoms with Gasteiger partial charge in [-0.1, -0.05) is 43.9 Å². The number of ether oxygens (including phenoxy) is 1. The lowest BCUT2D eigenvalue weighted by Crippen LogP contribution is -2.49. The number of benzene rings is 2. The summed E-state index contributed by atoms with van der Waals surface area (Å²) in [5.41, 5.74) is 1.24. The van der Waals surface area contributed by atoms with Gasteiger partial charge in [0.15, 0.2) is 0 Å². The number of hydrogen-bond acceptors (Lipinski definition) is 3. The fourth-order valence-corrected chi connectivity index (χ4v) is 5.86. The predicted molar refractivity (Wildman–Crippen MR) is 119 cm³/mol. The van der Waals surface area contributed by atoms with Gasteiger partial charge in [0, 0.05) is 19.6 Å². The zero-order chi connectivity index (χ0) is 20.5. The molecule has 0 unspecified atom stereocenters. The smallest absolute Gasteiger partial charge is 0.309 e. The summed E-state index contributed by atoms with van der Waals surface area (Å²) >= 11 is 0. The molecule has 30 heavy (non-hydrogen) atoms. The molecule has 0 radical (unpaired) electrons. The van der Waals surface area contributed by atoms with Gasteiger partial charge in [-0.2, -0.15) is 0 Å². The minimum Gasteiger partial charge on any atom is -0.490 e. The average Bonchev–Trinajstić information content (AvgIpc) is 3.25. The summed E-state index contributed by atoms with van der Waals surface area (Å²) in [6.07, 6.45) is 11.3. The van der Waals surface area contributed by atoms with E-state index < -0.39 is 5.97 Å². The van der Waals surface area contributed by atoms with Gasteiger partial charge < -0.3 is 9.84 Å². The van der Waals surface area contributed by atoms with Gasteiger partial charge in [0.2, 0.25) is 0 Å². The molecule has 0 amide bonds. The number of aliphatic carboxylic acids is 1. The topological polar surface area (TPSA) is 49.8 Å². The minimum absolute atomic E-state index is 0.196. The molecule has 3 fully saturated rings. The molecule has 2 aliphatic carbocycles. The zero-order valence-corrected chi connectivity index (χ0v) is 17.8. The lowest BCUT2D eigenvalue weighted by atomic mass is 9.78. The molecule has 2 aromatic carbocycles. The molecule has 2 saturated carbocycles. The van der Waals surface area contributed by atoms with Crippen LogP contribution in [0.25, 0.3) is 10.8 Å². The average molecular weight is 408 g/mol. The van der Waals surface area contributed by atoms with Gasteiger partial charge in [-0.05, 0) is 72.1 Å². The van der Waals surface area contributed by atoms with Crippen LogP contribution < -0.4 is 4.74 Å². The van der Waals surface area contributed by atoms with Crippen molar-refractivity contribution in [3.63, 3.8) is 0 Å². The molecule has 1 aliphatic heterocycles. The van der Waals surface area contributed by atoms with Crippen LogP contribution in [0.1, 0.15) is 56.9 Å². The minimum atomic E-state index is -0.677. The number of nitrogens with zero attached hydrogens (tertiary/aromatic N) is 1. The summed E-state index contributed by atoms with van der Waals surface area (Å²) in [6, 6.07) is 13.0. The Morgan fingerprint density at radius 2 is 1.57 bits per heavy atom. The number of carboxylic acid groups (broad SMARTS) is 1. The SMILES string of the molecule is O=C(O)C1CN(Cc2ccc3cc(OC4CCC(C5CCCC5)CC4)ccc3c2)C1. The standard InChI is InChI=1S/C26H33NO3/c28-26(29)23-16-27(17-23)15-18-5-6-22-14-25(12-9-21(22)13-18)30-24-10-7-20(8-11-24)19-3-1-2-4-19/h5-6,9,12-14,19-20,23-24H,1-4,7-8,10-11,15-17H2,(H,28,29). The Labute approximate surface area is 179 Å². The molecular weight excluding hydrogens is 374 g/mol. The fraction of sp³-hybridized carbons (Fsp3) is 0.577. The number of carboxylic acids is 1.